The van der Waals surface area contributed by atoms with E-state index in [-0.39, 0.29) is 0 Å². The summed E-state index contributed by atoms with van der Waals surface area (Å²) in [6.07, 6.45) is 0. The fourth-order valence-corrected chi connectivity index (χ4v) is 1.89. The molecule has 14 heavy (non-hydrogen) atoms. The SMILES string of the molecule is N#CC#Cc1ccc2nc(N)sc2c1. The van der Waals surface area contributed by atoms with E-state index in [1.165, 1.54) is 11.3 Å². The Labute approximate surface area is 84.8 Å². The van der Waals surface area contributed by atoms with Gasteiger partial charge in [-0.1, -0.05) is 17.3 Å². The lowest BCUT2D eigenvalue weighted by molar-refractivity contribution is 1.49. The molecule has 2 rings (SSSR count). The predicted octanol–water partition coefficient (Wildman–Crippen LogP) is 1.75. The maximum atomic E-state index is 8.29. The van der Waals surface area contributed by atoms with Gasteiger partial charge in [-0.3, -0.25) is 0 Å². The molecule has 1 aromatic carbocycles. The predicted molar refractivity (Wildman–Crippen MR) is 56.5 cm³/mol. The third-order valence-electron chi connectivity index (χ3n) is 1.67. The van der Waals surface area contributed by atoms with Crippen molar-refractivity contribution in [3.05, 3.63) is 23.8 Å². The zero-order chi connectivity index (χ0) is 9.97. The molecule has 4 heteroatoms. The Morgan fingerprint density at radius 2 is 2.29 bits per heavy atom. The first kappa shape index (κ1) is 8.55. The van der Waals surface area contributed by atoms with Crippen molar-refractivity contribution in [2.75, 3.05) is 5.73 Å². The van der Waals surface area contributed by atoms with Crippen molar-refractivity contribution in [3.8, 4) is 17.9 Å². The molecular formula is C10H5N3S. The first-order valence-electron chi connectivity index (χ1n) is 3.86. The van der Waals surface area contributed by atoms with Crippen LogP contribution in [0.5, 0.6) is 0 Å². The van der Waals surface area contributed by atoms with Crippen LogP contribution in [-0.2, 0) is 0 Å². The normalized spacial score (nSPS) is 9.07. The van der Waals surface area contributed by atoms with Gasteiger partial charge in [0, 0.05) is 11.5 Å². The lowest BCUT2D eigenvalue weighted by Gasteiger charge is -1.88. The number of thiazole rings is 1. The van der Waals surface area contributed by atoms with E-state index < -0.39 is 0 Å². The Kier molecular flexibility index (Phi) is 2.06. The molecule has 0 bridgehead atoms. The van der Waals surface area contributed by atoms with Crippen LogP contribution < -0.4 is 5.73 Å². The van der Waals surface area contributed by atoms with Gasteiger partial charge in [0.05, 0.1) is 10.2 Å². The second-order valence-electron chi connectivity index (χ2n) is 2.60. The molecular weight excluding hydrogens is 194 g/mol. The van der Waals surface area contributed by atoms with Crippen molar-refractivity contribution >= 4 is 26.7 Å². The van der Waals surface area contributed by atoms with Crippen molar-refractivity contribution in [1.82, 2.24) is 4.98 Å². The third kappa shape index (κ3) is 1.52. The number of nitrogens with two attached hydrogens (primary N) is 1. The Hall–Kier alpha value is -2.04. The van der Waals surface area contributed by atoms with Crippen LogP contribution >= 0.6 is 11.3 Å². The summed E-state index contributed by atoms with van der Waals surface area (Å²) in [4.78, 5) is 4.12. The standard InChI is InChI=1S/C10H5N3S/c11-5-1-2-7-3-4-8-9(6-7)14-10(12)13-8/h3-4,6H,(H2,12,13). The van der Waals surface area contributed by atoms with E-state index in [1.54, 1.807) is 6.07 Å². The van der Waals surface area contributed by atoms with Gasteiger partial charge in [0.1, 0.15) is 0 Å². The van der Waals surface area contributed by atoms with Gasteiger partial charge in [0.2, 0.25) is 0 Å². The second-order valence-corrected chi connectivity index (χ2v) is 3.66. The van der Waals surface area contributed by atoms with Gasteiger partial charge in [0.15, 0.2) is 11.2 Å². The summed E-state index contributed by atoms with van der Waals surface area (Å²) < 4.78 is 0.993. The van der Waals surface area contributed by atoms with Crippen LogP contribution in [0.1, 0.15) is 5.56 Å². The van der Waals surface area contributed by atoms with Crippen LogP contribution in [0.2, 0.25) is 0 Å². The first-order valence-corrected chi connectivity index (χ1v) is 4.67. The van der Waals surface area contributed by atoms with E-state index >= 15 is 0 Å². The van der Waals surface area contributed by atoms with Crippen molar-refractivity contribution < 1.29 is 0 Å². The van der Waals surface area contributed by atoms with Gasteiger partial charge in [-0.15, -0.1) is 0 Å². The van der Waals surface area contributed by atoms with Crippen LogP contribution in [0.3, 0.4) is 0 Å². The lowest BCUT2D eigenvalue weighted by atomic mass is 10.2. The summed E-state index contributed by atoms with van der Waals surface area (Å²) in [5.74, 6) is 5.07. The number of aromatic nitrogens is 1. The quantitative estimate of drug-likeness (QED) is 0.657. The molecule has 2 aromatic rings. The number of benzene rings is 1. The molecule has 0 fully saturated rings. The average molecular weight is 199 g/mol. The summed E-state index contributed by atoms with van der Waals surface area (Å²) in [7, 11) is 0. The number of anilines is 1. The summed E-state index contributed by atoms with van der Waals surface area (Å²) in [5, 5.41) is 8.84. The fraction of sp³-hybridized carbons (Fsp3) is 0. The maximum absolute atomic E-state index is 8.29. The van der Waals surface area contributed by atoms with Gasteiger partial charge >= 0.3 is 0 Å². The molecule has 0 radical (unpaired) electrons. The van der Waals surface area contributed by atoms with Crippen molar-refractivity contribution in [2.24, 2.45) is 0 Å². The van der Waals surface area contributed by atoms with Crippen LogP contribution in [0.25, 0.3) is 10.2 Å². The number of nitriles is 1. The Balaban J connectivity index is 2.57. The molecule has 0 saturated carbocycles. The molecule has 0 spiro atoms. The van der Waals surface area contributed by atoms with E-state index in [2.05, 4.69) is 16.8 Å². The first-order chi connectivity index (χ1) is 6.79. The molecule has 0 unspecified atom stereocenters. The number of nitrogen functional groups attached to an aromatic ring is 1. The minimum atomic E-state index is 0.547. The van der Waals surface area contributed by atoms with E-state index in [4.69, 9.17) is 11.0 Å². The largest absolute Gasteiger partial charge is 0.375 e. The highest BCUT2D eigenvalue weighted by Crippen LogP contribution is 2.24. The lowest BCUT2D eigenvalue weighted by Crippen LogP contribution is -1.79. The third-order valence-corrected chi connectivity index (χ3v) is 2.52. The number of hydrogen-bond donors (Lipinski definition) is 1. The molecule has 66 valence electrons. The topological polar surface area (TPSA) is 62.7 Å². The molecule has 0 aliphatic heterocycles. The molecule has 0 amide bonds. The van der Waals surface area contributed by atoms with Gasteiger partial charge in [-0.2, -0.15) is 5.26 Å². The molecule has 0 saturated heterocycles. The maximum Gasteiger partial charge on any atom is 0.181 e. The number of hydrogen-bond acceptors (Lipinski definition) is 4. The summed E-state index contributed by atoms with van der Waals surface area (Å²) in [5.41, 5.74) is 7.24. The minimum absolute atomic E-state index is 0.547. The number of fused-ring (bicyclic) bond motifs is 1. The van der Waals surface area contributed by atoms with E-state index in [9.17, 15) is 0 Å². The van der Waals surface area contributed by atoms with E-state index in [0.29, 0.717) is 5.13 Å². The number of rotatable bonds is 0. The fourth-order valence-electron chi connectivity index (χ4n) is 1.12. The average Bonchev–Trinajstić information content (AvgIpc) is 2.54. The molecule has 0 aliphatic carbocycles. The summed E-state index contributed by atoms with van der Waals surface area (Å²) >= 11 is 1.42. The summed E-state index contributed by atoms with van der Waals surface area (Å²) in [6, 6.07) is 7.33. The van der Waals surface area contributed by atoms with Crippen molar-refractivity contribution in [3.63, 3.8) is 0 Å². The van der Waals surface area contributed by atoms with Crippen LogP contribution in [0.4, 0.5) is 5.13 Å². The zero-order valence-corrected chi connectivity index (χ0v) is 7.93. The molecule has 1 heterocycles. The van der Waals surface area contributed by atoms with Crippen LogP contribution in [0, 0.1) is 23.2 Å². The van der Waals surface area contributed by atoms with Crippen LogP contribution in [0.15, 0.2) is 18.2 Å². The highest BCUT2D eigenvalue weighted by molar-refractivity contribution is 7.22. The smallest absolute Gasteiger partial charge is 0.181 e. The molecule has 1 aromatic heterocycles. The Morgan fingerprint density at radius 1 is 1.43 bits per heavy atom. The number of nitrogens with zero attached hydrogens (tertiary/aromatic N) is 2. The van der Waals surface area contributed by atoms with Gasteiger partial charge in [-0.05, 0) is 18.2 Å². The Morgan fingerprint density at radius 3 is 3.07 bits per heavy atom. The monoisotopic (exact) mass is 199 g/mol. The highest BCUT2D eigenvalue weighted by Gasteiger charge is 2.00. The zero-order valence-electron chi connectivity index (χ0n) is 7.11. The van der Waals surface area contributed by atoms with Crippen molar-refractivity contribution in [1.29, 1.82) is 5.26 Å². The Bertz CT molecular complexity index is 581. The van der Waals surface area contributed by atoms with Gasteiger partial charge in [0.25, 0.3) is 0 Å². The van der Waals surface area contributed by atoms with Crippen LogP contribution in [-0.4, -0.2) is 4.98 Å². The highest BCUT2D eigenvalue weighted by atomic mass is 32.1. The minimum Gasteiger partial charge on any atom is -0.375 e. The van der Waals surface area contributed by atoms with E-state index in [1.807, 2.05) is 18.2 Å². The molecule has 2 N–H and O–H groups in total. The molecule has 0 atom stereocenters. The second kappa shape index (κ2) is 3.37. The molecule has 0 aliphatic rings. The molecule has 3 nitrogen and oxygen atoms in total. The van der Waals surface area contributed by atoms with Gasteiger partial charge in [-0.25, -0.2) is 4.98 Å². The van der Waals surface area contributed by atoms with Gasteiger partial charge < -0.3 is 5.73 Å². The van der Waals surface area contributed by atoms with E-state index in [0.717, 1.165) is 15.8 Å². The summed E-state index contributed by atoms with van der Waals surface area (Å²) in [6.45, 7) is 0. The van der Waals surface area contributed by atoms with Crippen molar-refractivity contribution in [2.45, 2.75) is 0 Å².